The van der Waals surface area contributed by atoms with E-state index >= 15 is 0 Å². The molecule has 0 bridgehead atoms. The Bertz CT molecular complexity index is 260. The molecule has 1 rings (SSSR count). The van der Waals surface area contributed by atoms with Crippen LogP contribution < -0.4 is 0 Å². The van der Waals surface area contributed by atoms with Crippen LogP contribution in [0.4, 0.5) is 0 Å². The molecule has 1 heteroatoms. The summed E-state index contributed by atoms with van der Waals surface area (Å²) in [6.07, 6.45) is 0. The average Bonchev–Trinajstić information content (AvgIpc) is 2.16. The molecule has 0 saturated heterocycles. The maximum Gasteiger partial charge on any atom is 2.00 e. The van der Waals surface area contributed by atoms with Crippen LogP contribution in [0.3, 0.4) is 0 Å². The topological polar surface area (TPSA) is 0 Å². The molecule has 98 valence electrons. The number of hydrogen-bond acceptors (Lipinski definition) is 0. The molecule has 0 fully saturated rings. The fourth-order valence-corrected chi connectivity index (χ4v) is 1.59. The third-order valence-corrected chi connectivity index (χ3v) is 2.84. The molecular formula is C16H26Os. The summed E-state index contributed by atoms with van der Waals surface area (Å²) >= 11 is 0. The molecule has 0 aliphatic heterocycles. The first-order valence-electron chi connectivity index (χ1n) is 5.98. The smallest absolute Gasteiger partial charge is 0.358 e. The van der Waals surface area contributed by atoms with Crippen LogP contribution in [-0.4, -0.2) is 0 Å². The van der Waals surface area contributed by atoms with Gasteiger partial charge < -0.3 is 7.43 Å². The second kappa shape index (κ2) is 8.05. The van der Waals surface area contributed by atoms with E-state index in [1.165, 1.54) is 16.7 Å². The van der Waals surface area contributed by atoms with Crippen LogP contribution in [0.15, 0.2) is 12.1 Å². The zero-order chi connectivity index (χ0) is 11.6. The van der Waals surface area contributed by atoms with Crippen LogP contribution in [0.5, 0.6) is 0 Å². The van der Waals surface area contributed by atoms with E-state index in [0.29, 0.717) is 17.8 Å². The molecule has 0 nitrogen and oxygen atoms in total. The monoisotopic (exact) mass is 410 g/mol. The summed E-state index contributed by atoms with van der Waals surface area (Å²) in [5.41, 5.74) is 4.15. The van der Waals surface area contributed by atoms with Crippen molar-refractivity contribution in [1.29, 1.82) is 0 Å². The molecule has 0 N–H and O–H groups in total. The van der Waals surface area contributed by atoms with E-state index in [4.69, 9.17) is 0 Å². The molecule has 0 heterocycles. The molecule has 1 aromatic rings. The van der Waals surface area contributed by atoms with Crippen LogP contribution in [-0.2, 0) is 19.8 Å². The fourth-order valence-electron chi connectivity index (χ4n) is 1.59. The van der Waals surface area contributed by atoms with Crippen LogP contribution >= 0.6 is 0 Å². The Hall–Kier alpha value is -0.144. The second-order valence-corrected chi connectivity index (χ2v) is 5.29. The van der Waals surface area contributed by atoms with Crippen molar-refractivity contribution < 1.29 is 19.8 Å². The van der Waals surface area contributed by atoms with E-state index in [1.54, 1.807) is 0 Å². The Morgan fingerprint density at radius 3 is 1.35 bits per heavy atom. The summed E-state index contributed by atoms with van der Waals surface area (Å²) in [4.78, 5) is 0. The summed E-state index contributed by atoms with van der Waals surface area (Å²) in [6, 6.07) is 8.15. The third kappa shape index (κ3) is 5.35. The van der Waals surface area contributed by atoms with Crippen molar-refractivity contribution in [3.05, 3.63) is 42.3 Å². The third-order valence-electron chi connectivity index (χ3n) is 2.84. The van der Waals surface area contributed by atoms with Gasteiger partial charge >= 0.3 is 19.8 Å². The molecule has 0 aromatic heterocycles. The number of benzene rings is 1. The molecule has 0 aliphatic carbocycles. The summed E-state index contributed by atoms with van der Waals surface area (Å²) in [6.45, 7) is 13.5. The predicted molar refractivity (Wildman–Crippen MR) is 74.0 cm³/mol. The first kappa shape index (κ1) is 19.2. The van der Waals surface area contributed by atoms with Gasteiger partial charge in [0.15, 0.2) is 0 Å². The van der Waals surface area contributed by atoms with Crippen LogP contribution in [0, 0.1) is 13.5 Å². The van der Waals surface area contributed by atoms with Gasteiger partial charge in [-0.2, -0.15) is 34.9 Å². The largest absolute Gasteiger partial charge is 2.00 e. The molecule has 0 unspecified atom stereocenters. The van der Waals surface area contributed by atoms with Gasteiger partial charge in [0.05, 0.1) is 0 Å². The molecule has 0 amide bonds. The summed E-state index contributed by atoms with van der Waals surface area (Å²) < 4.78 is 0. The van der Waals surface area contributed by atoms with Gasteiger partial charge in [0.2, 0.25) is 0 Å². The normalized spacial score (nSPS) is 10.4. The van der Waals surface area contributed by atoms with Gasteiger partial charge in [0, 0.05) is 0 Å². The Kier molecular flexibility index (Phi) is 9.09. The van der Waals surface area contributed by atoms with Gasteiger partial charge in [0.25, 0.3) is 0 Å². The molecule has 0 atom stereocenters. The van der Waals surface area contributed by atoms with Crippen molar-refractivity contribution in [3.63, 3.8) is 0 Å². The van der Waals surface area contributed by atoms with E-state index in [0.717, 1.165) is 0 Å². The molecular weight excluding hydrogens is 382 g/mol. The second-order valence-electron chi connectivity index (χ2n) is 5.29. The molecule has 1 aromatic carbocycles. The van der Waals surface area contributed by atoms with E-state index in [-0.39, 0.29) is 27.2 Å². The van der Waals surface area contributed by atoms with Gasteiger partial charge in [-0.3, -0.25) is 0 Å². The minimum absolute atomic E-state index is 0. The molecule has 0 aliphatic rings. The molecule has 0 spiro atoms. The van der Waals surface area contributed by atoms with Gasteiger partial charge in [-0.25, -0.2) is 0 Å². The van der Waals surface area contributed by atoms with Crippen molar-refractivity contribution in [3.8, 4) is 0 Å². The van der Waals surface area contributed by atoms with Crippen molar-refractivity contribution in [2.45, 2.75) is 59.3 Å². The van der Waals surface area contributed by atoms with Crippen molar-refractivity contribution >= 4 is 0 Å². The standard InChI is InChI=1S/C15H23.CH3.Os/c1-10(2)13-7-14(11(3)4)9-15(8-13)12(5)6;;/h7-8,10-12H,1-6H3;1H3;/q2*-1;+2. The zero-order valence-corrected chi connectivity index (χ0v) is 14.8. The van der Waals surface area contributed by atoms with E-state index in [9.17, 15) is 0 Å². The Balaban J connectivity index is 0. The average molecular weight is 409 g/mol. The first-order valence-corrected chi connectivity index (χ1v) is 5.98. The summed E-state index contributed by atoms with van der Waals surface area (Å²) in [5.74, 6) is 1.75. The van der Waals surface area contributed by atoms with Crippen molar-refractivity contribution in [2.24, 2.45) is 0 Å². The van der Waals surface area contributed by atoms with Gasteiger partial charge in [-0.1, -0.05) is 41.5 Å². The summed E-state index contributed by atoms with van der Waals surface area (Å²) in [7, 11) is 0. The molecule has 17 heavy (non-hydrogen) atoms. The van der Waals surface area contributed by atoms with Crippen LogP contribution in [0.1, 0.15) is 76.0 Å². The van der Waals surface area contributed by atoms with Crippen LogP contribution in [0.2, 0.25) is 0 Å². The number of hydrogen-bond donors (Lipinski definition) is 0. The van der Waals surface area contributed by atoms with E-state index in [1.807, 2.05) is 0 Å². The SMILES string of the molecule is CC(C)c1[c-]c(C(C)C)cc(C(C)C)c1.[CH3-].[Os+2]. The van der Waals surface area contributed by atoms with Gasteiger partial charge in [-0.15, -0.1) is 0 Å². The number of rotatable bonds is 3. The minimum atomic E-state index is 0. The maximum absolute atomic E-state index is 3.54. The first-order chi connectivity index (χ1) is 6.91. The van der Waals surface area contributed by atoms with E-state index in [2.05, 4.69) is 59.7 Å². The van der Waals surface area contributed by atoms with Gasteiger partial charge in [0.1, 0.15) is 0 Å². The zero-order valence-electron chi connectivity index (χ0n) is 12.2. The Labute approximate surface area is 121 Å². The van der Waals surface area contributed by atoms with Gasteiger partial charge in [-0.05, 0) is 17.8 Å². The molecule has 0 radical (unpaired) electrons. The maximum atomic E-state index is 3.54. The van der Waals surface area contributed by atoms with Crippen molar-refractivity contribution in [1.82, 2.24) is 0 Å². The van der Waals surface area contributed by atoms with Crippen LogP contribution in [0.25, 0.3) is 0 Å². The van der Waals surface area contributed by atoms with Crippen molar-refractivity contribution in [2.75, 3.05) is 0 Å². The minimum Gasteiger partial charge on any atom is -0.358 e. The Morgan fingerprint density at radius 2 is 1.12 bits per heavy atom. The van der Waals surface area contributed by atoms with E-state index < -0.39 is 0 Å². The predicted octanol–water partition coefficient (Wildman–Crippen LogP) is 5.30. The quantitative estimate of drug-likeness (QED) is 0.595. The summed E-state index contributed by atoms with van der Waals surface area (Å²) in [5, 5.41) is 0. The molecule has 0 saturated carbocycles. The Morgan fingerprint density at radius 1 is 0.765 bits per heavy atom. The fraction of sp³-hybridized carbons (Fsp3) is 0.562.